The van der Waals surface area contributed by atoms with Gasteiger partial charge in [0.15, 0.2) is 0 Å². The Labute approximate surface area is 203 Å². The molecule has 4 aromatic carbocycles. The van der Waals surface area contributed by atoms with Crippen molar-refractivity contribution in [2.75, 3.05) is 9.44 Å². The first kappa shape index (κ1) is 22.6. The maximum absolute atomic E-state index is 12.9. The van der Waals surface area contributed by atoms with Gasteiger partial charge in [-0.2, -0.15) is 5.10 Å². The number of fused-ring (bicyclic) bond motifs is 1. The molecular formula is C25H20N4O4S2. The zero-order valence-corrected chi connectivity index (χ0v) is 19.9. The van der Waals surface area contributed by atoms with Crippen LogP contribution in [-0.4, -0.2) is 26.6 Å². The molecule has 176 valence electrons. The predicted molar refractivity (Wildman–Crippen MR) is 136 cm³/mol. The third-order valence-corrected chi connectivity index (χ3v) is 8.08. The smallest absolute Gasteiger partial charge is 0.263 e. The maximum atomic E-state index is 12.9. The second-order valence-electron chi connectivity index (χ2n) is 7.71. The van der Waals surface area contributed by atoms with Crippen LogP contribution in [0.2, 0.25) is 0 Å². The van der Waals surface area contributed by atoms with E-state index in [1.165, 1.54) is 41.2 Å². The summed E-state index contributed by atoms with van der Waals surface area (Å²) in [5, 5.41) is 5.92. The lowest BCUT2D eigenvalue weighted by molar-refractivity contribution is 0.599. The van der Waals surface area contributed by atoms with Crippen molar-refractivity contribution in [1.82, 2.24) is 9.78 Å². The molecule has 1 aromatic heterocycles. The highest BCUT2D eigenvalue weighted by atomic mass is 32.2. The van der Waals surface area contributed by atoms with Gasteiger partial charge in [0.25, 0.3) is 20.0 Å². The Balaban J connectivity index is 1.35. The molecule has 0 spiro atoms. The SMILES string of the molecule is O=S(=O)(Nc1ccc(S(=O)(=O)Nc2ccnn2-c2ccccc2)cc1)c1ccc2ccccc2c1. The summed E-state index contributed by atoms with van der Waals surface area (Å²) in [6.45, 7) is 0. The van der Waals surface area contributed by atoms with Gasteiger partial charge in [-0.3, -0.25) is 9.44 Å². The van der Waals surface area contributed by atoms with Gasteiger partial charge in [0.05, 0.1) is 21.7 Å². The number of sulfonamides is 2. The van der Waals surface area contributed by atoms with E-state index in [0.29, 0.717) is 5.69 Å². The number of aromatic nitrogens is 2. The van der Waals surface area contributed by atoms with Crippen molar-refractivity contribution < 1.29 is 16.8 Å². The van der Waals surface area contributed by atoms with Crippen molar-refractivity contribution in [3.8, 4) is 5.69 Å². The van der Waals surface area contributed by atoms with E-state index in [2.05, 4.69) is 14.5 Å². The maximum Gasteiger partial charge on any atom is 0.263 e. The van der Waals surface area contributed by atoms with Gasteiger partial charge in [-0.15, -0.1) is 0 Å². The van der Waals surface area contributed by atoms with Crippen LogP contribution < -0.4 is 9.44 Å². The summed E-state index contributed by atoms with van der Waals surface area (Å²) in [6, 6.07) is 28.5. The Bertz CT molecular complexity index is 1710. The fraction of sp³-hybridized carbons (Fsp3) is 0. The molecule has 0 saturated heterocycles. The summed E-state index contributed by atoms with van der Waals surface area (Å²) in [7, 11) is -7.80. The minimum absolute atomic E-state index is 0.0213. The van der Waals surface area contributed by atoms with E-state index < -0.39 is 20.0 Å². The second-order valence-corrected chi connectivity index (χ2v) is 11.1. The predicted octanol–water partition coefficient (Wildman–Crippen LogP) is 4.63. The van der Waals surface area contributed by atoms with Crippen LogP contribution in [0.4, 0.5) is 11.5 Å². The van der Waals surface area contributed by atoms with E-state index in [4.69, 9.17) is 0 Å². The molecule has 10 heteroatoms. The van der Waals surface area contributed by atoms with Gasteiger partial charge in [0.2, 0.25) is 0 Å². The number of benzene rings is 4. The Hall–Kier alpha value is -4.15. The average molecular weight is 505 g/mol. The molecule has 0 amide bonds. The molecule has 0 aliphatic heterocycles. The molecule has 0 atom stereocenters. The van der Waals surface area contributed by atoms with E-state index in [-0.39, 0.29) is 21.3 Å². The highest BCUT2D eigenvalue weighted by Crippen LogP contribution is 2.24. The van der Waals surface area contributed by atoms with Crippen LogP contribution in [-0.2, 0) is 20.0 Å². The molecule has 5 rings (SSSR count). The number of nitrogens with zero attached hydrogens (tertiary/aromatic N) is 2. The molecule has 0 aliphatic carbocycles. The van der Waals surface area contributed by atoms with Crippen LogP contribution in [0.5, 0.6) is 0 Å². The zero-order chi connectivity index (χ0) is 24.5. The minimum atomic E-state index is -3.94. The highest BCUT2D eigenvalue weighted by Gasteiger charge is 2.19. The zero-order valence-electron chi connectivity index (χ0n) is 18.2. The summed E-state index contributed by atoms with van der Waals surface area (Å²) >= 11 is 0. The van der Waals surface area contributed by atoms with E-state index in [1.807, 2.05) is 42.5 Å². The molecular weight excluding hydrogens is 484 g/mol. The largest absolute Gasteiger partial charge is 0.280 e. The second kappa shape index (κ2) is 8.90. The Morgan fingerprint density at radius 3 is 1.97 bits per heavy atom. The molecule has 1 heterocycles. The van der Waals surface area contributed by atoms with Crippen LogP contribution >= 0.6 is 0 Å². The van der Waals surface area contributed by atoms with Crippen molar-refractivity contribution in [3.05, 3.63) is 109 Å². The summed E-state index contributed by atoms with van der Waals surface area (Å²) in [5.41, 5.74) is 0.945. The van der Waals surface area contributed by atoms with Crippen molar-refractivity contribution in [2.24, 2.45) is 0 Å². The summed E-state index contributed by atoms with van der Waals surface area (Å²) in [5.74, 6) is 0.275. The van der Waals surface area contributed by atoms with E-state index >= 15 is 0 Å². The van der Waals surface area contributed by atoms with Crippen molar-refractivity contribution in [2.45, 2.75) is 9.79 Å². The number of anilines is 2. The summed E-state index contributed by atoms with van der Waals surface area (Å²) < 4.78 is 58.1. The third kappa shape index (κ3) is 4.75. The fourth-order valence-electron chi connectivity index (χ4n) is 3.60. The Kier molecular flexibility index (Phi) is 5.75. The summed E-state index contributed by atoms with van der Waals surface area (Å²) in [6.07, 6.45) is 1.50. The first-order valence-corrected chi connectivity index (χ1v) is 13.5. The van der Waals surface area contributed by atoms with Gasteiger partial charge < -0.3 is 0 Å². The van der Waals surface area contributed by atoms with E-state index in [1.54, 1.807) is 30.3 Å². The molecule has 0 bridgehead atoms. The molecule has 0 saturated carbocycles. The van der Waals surface area contributed by atoms with Crippen LogP contribution in [0.25, 0.3) is 16.5 Å². The third-order valence-electron chi connectivity index (χ3n) is 5.33. The Morgan fingerprint density at radius 2 is 1.23 bits per heavy atom. The van der Waals surface area contributed by atoms with Gasteiger partial charge in [-0.1, -0.05) is 48.5 Å². The van der Waals surface area contributed by atoms with Crippen LogP contribution in [0.1, 0.15) is 0 Å². The number of para-hydroxylation sites is 1. The highest BCUT2D eigenvalue weighted by molar-refractivity contribution is 7.93. The fourth-order valence-corrected chi connectivity index (χ4v) is 5.74. The lowest BCUT2D eigenvalue weighted by Crippen LogP contribution is -2.16. The molecule has 0 unspecified atom stereocenters. The summed E-state index contributed by atoms with van der Waals surface area (Å²) in [4.78, 5) is 0.0932. The first-order chi connectivity index (χ1) is 16.8. The number of rotatable bonds is 7. The molecule has 0 aliphatic rings. The standard InChI is InChI=1S/C25H20N4O4S2/c30-34(31,28-25-16-17-26-29(25)22-8-2-1-3-9-22)23-14-11-21(12-15-23)27-35(32,33)24-13-10-19-6-4-5-7-20(19)18-24/h1-18,27-28H. The molecule has 8 nitrogen and oxygen atoms in total. The number of hydrogen-bond acceptors (Lipinski definition) is 5. The van der Waals surface area contributed by atoms with Gasteiger partial charge in [-0.25, -0.2) is 21.5 Å². The van der Waals surface area contributed by atoms with Crippen LogP contribution in [0.3, 0.4) is 0 Å². The lowest BCUT2D eigenvalue weighted by atomic mass is 10.1. The van der Waals surface area contributed by atoms with E-state index in [9.17, 15) is 16.8 Å². The van der Waals surface area contributed by atoms with Crippen molar-refractivity contribution in [3.63, 3.8) is 0 Å². The van der Waals surface area contributed by atoms with Gasteiger partial charge in [-0.05, 0) is 59.3 Å². The lowest BCUT2D eigenvalue weighted by Gasteiger charge is -2.12. The van der Waals surface area contributed by atoms with Gasteiger partial charge >= 0.3 is 0 Å². The van der Waals surface area contributed by atoms with Crippen molar-refractivity contribution >= 4 is 42.3 Å². The average Bonchev–Trinajstić information content (AvgIpc) is 3.32. The topological polar surface area (TPSA) is 110 Å². The van der Waals surface area contributed by atoms with E-state index in [0.717, 1.165) is 10.8 Å². The molecule has 2 N–H and O–H groups in total. The number of nitrogens with one attached hydrogen (secondary N) is 2. The van der Waals surface area contributed by atoms with Gasteiger partial charge in [0.1, 0.15) is 5.82 Å². The first-order valence-electron chi connectivity index (χ1n) is 10.6. The van der Waals surface area contributed by atoms with Crippen molar-refractivity contribution in [1.29, 1.82) is 0 Å². The minimum Gasteiger partial charge on any atom is -0.280 e. The number of hydrogen-bond donors (Lipinski definition) is 2. The Morgan fingerprint density at radius 1 is 0.600 bits per heavy atom. The normalized spacial score (nSPS) is 11.9. The molecule has 35 heavy (non-hydrogen) atoms. The van der Waals surface area contributed by atoms with Crippen LogP contribution in [0, 0.1) is 0 Å². The quantitative estimate of drug-likeness (QED) is 0.336. The molecule has 0 radical (unpaired) electrons. The molecule has 0 fully saturated rings. The van der Waals surface area contributed by atoms with Gasteiger partial charge in [0, 0.05) is 11.8 Å². The molecule has 5 aromatic rings. The van der Waals surface area contributed by atoms with Crippen LogP contribution in [0.15, 0.2) is 119 Å². The monoisotopic (exact) mass is 504 g/mol.